The van der Waals surface area contributed by atoms with E-state index in [-0.39, 0.29) is 6.04 Å². The van der Waals surface area contributed by atoms with Crippen LogP contribution in [0.5, 0.6) is 5.75 Å². The van der Waals surface area contributed by atoms with Gasteiger partial charge < -0.3 is 20.1 Å². The van der Waals surface area contributed by atoms with Gasteiger partial charge in [0.25, 0.3) is 0 Å². The first-order valence-electron chi connectivity index (χ1n) is 10.2. The molecule has 2 aliphatic rings. The Morgan fingerprint density at radius 3 is 2.78 bits per heavy atom. The first-order valence-corrected chi connectivity index (χ1v) is 10.2. The van der Waals surface area contributed by atoms with Crippen molar-refractivity contribution >= 4 is 5.96 Å². The number of guanidine groups is 1. The molecule has 1 aromatic rings. The zero-order valence-corrected chi connectivity index (χ0v) is 16.7. The number of hydrogen-bond acceptors (Lipinski definition) is 4. The van der Waals surface area contributed by atoms with Gasteiger partial charge >= 0.3 is 0 Å². The molecule has 0 radical (unpaired) electrons. The third-order valence-electron chi connectivity index (χ3n) is 5.55. The van der Waals surface area contributed by atoms with Gasteiger partial charge in [-0.15, -0.1) is 0 Å². The van der Waals surface area contributed by atoms with Crippen molar-refractivity contribution in [3.8, 4) is 5.75 Å². The molecule has 0 amide bonds. The summed E-state index contributed by atoms with van der Waals surface area (Å²) in [5.74, 6) is 1.81. The molecule has 2 atom stereocenters. The van der Waals surface area contributed by atoms with E-state index >= 15 is 0 Å². The second-order valence-corrected chi connectivity index (χ2v) is 7.30. The van der Waals surface area contributed by atoms with Crippen molar-refractivity contribution < 1.29 is 9.47 Å². The van der Waals surface area contributed by atoms with E-state index < -0.39 is 0 Å². The normalized spacial score (nSPS) is 22.0. The Balaban J connectivity index is 1.57. The molecule has 0 spiro atoms. The Morgan fingerprint density at radius 2 is 2.07 bits per heavy atom. The van der Waals surface area contributed by atoms with E-state index in [4.69, 9.17) is 9.47 Å². The Hall–Kier alpha value is -1.79. The van der Waals surface area contributed by atoms with E-state index in [1.54, 1.807) is 7.11 Å². The molecule has 6 heteroatoms. The molecule has 3 rings (SSSR count). The molecule has 2 unspecified atom stereocenters. The molecular weight excluding hydrogens is 340 g/mol. The van der Waals surface area contributed by atoms with Gasteiger partial charge in [0.2, 0.25) is 0 Å². The van der Waals surface area contributed by atoms with Crippen LogP contribution in [0.4, 0.5) is 0 Å². The van der Waals surface area contributed by atoms with Crippen molar-refractivity contribution in [1.29, 1.82) is 0 Å². The van der Waals surface area contributed by atoms with Crippen LogP contribution in [-0.4, -0.2) is 63.9 Å². The maximum Gasteiger partial charge on any atom is 0.191 e. The van der Waals surface area contributed by atoms with Gasteiger partial charge in [0, 0.05) is 32.3 Å². The topological polar surface area (TPSA) is 58.1 Å². The quantitative estimate of drug-likeness (QED) is 0.541. The number of hydrogen-bond donors (Lipinski definition) is 2. The Morgan fingerprint density at radius 1 is 1.26 bits per heavy atom. The fraction of sp³-hybridized carbons (Fsp3) is 0.667. The van der Waals surface area contributed by atoms with Crippen LogP contribution in [0.15, 0.2) is 29.3 Å². The number of aliphatic imine (C=N–C) groups is 1. The average Bonchev–Trinajstić information content (AvgIpc) is 3.41. The first-order chi connectivity index (χ1) is 13.3. The molecule has 2 aliphatic heterocycles. The highest BCUT2D eigenvalue weighted by Gasteiger charge is 2.26. The Labute approximate surface area is 163 Å². The number of methoxy groups -OCH3 is 1. The second-order valence-electron chi connectivity index (χ2n) is 7.30. The summed E-state index contributed by atoms with van der Waals surface area (Å²) in [5.41, 5.74) is 1.24. The van der Waals surface area contributed by atoms with Crippen LogP contribution in [0.25, 0.3) is 0 Å². The lowest BCUT2D eigenvalue weighted by atomic mass is 10.0. The van der Waals surface area contributed by atoms with Crippen molar-refractivity contribution in [1.82, 2.24) is 15.5 Å². The van der Waals surface area contributed by atoms with Gasteiger partial charge in [-0.2, -0.15) is 0 Å². The highest BCUT2D eigenvalue weighted by atomic mass is 16.5. The largest absolute Gasteiger partial charge is 0.496 e. The number of para-hydroxylation sites is 1. The van der Waals surface area contributed by atoms with Crippen LogP contribution in [0.2, 0.25) is 0 Å². The first kappa shape index (κ1) is 20.0. The second kappa shape index (κ2) is 10.5. The number of benzene rings is 1. The predicted octanol–water partition coefficient (Wildman–Crippen LogP) is 2.57. The summed E-state index contributed by atoms with van der Waals surface area (Å²) in [7, 11) is 3.58. The summed E-state index contributed by atoms with van der Waals surface area (Å²) < 4.78 is 11.3. The molecule has 2 fully saturated rings. The molecule has 0 aromatic heterocycles. The molecule has 0 aliphatic carbocycles. The van der Waals surface area contributed by atoms with Gasteiger partial charge in [-0.05, 0) is 51.3 Å². The zero-order chi connectivity index (χ0) is 18.9. The van der Waals surface area contributed by atoms with Crippen molar-refractivity contribution in [3.05, 3.63) is 29.8 Å². The fourth-order valence-electron chi connectivity index (χ4n) is 4.07. The van der Waals surface area contributed by atoms with Crippen LogP contribution in [0.3, 0.4) is 0 Å². The van der Waals surface area contributed by atoms with Crippen LogP contribution < -0.4 is 15.4 Å². The molecule has 0 bridgehead atoms. The minimum atomic E-state index is 0.278. The van der Waals surface area contributed by atoms with Crippen LogP contribution in [-0.2, 0) is 4.74 Å². The lowest BCUT2D eigenvalue weighted by molar-refractivity contribution is 0.105. The smallest absolute Gasteiger partial charge is 0.191 e. The summed E-state index contributed by atoms with van der Waals surface area (Å²) in [4.78, 5) is 6.94. The van der Waals surface area contributed by atoms with Crippen LogP contribution in [0.1, 0.15) is 43.7 Å². The maximum atomic E-state index is 5.70. The number of ether oxygens (including phenoxy) is 2. The predicted molar refractivity (Wildman–Crippen MR) is 109 cm³/mol. The molecule has 2 N–H and O–H groups in total. The number of nitrogens with one attached hydrogen (secondary N) is 2. The summed E-state index contributed by atoms with van der Waals surface area (Å²) >= 11 is 0. The molecule has 1 aromatic carbocycles. The van der Waals surface area contributed by atoms with Crippen LogP contribution >= 0.6 is 0 Å². The van der Waals surface area contributed by atoms with Crippen molar-refractivity contribution in [3.63, 3.8) is 0 Å². The van der Waals surface area contributed by atoms with E-state index in [9.17, 15) is 0 Å². The minimum Gasteiger partial charge on any atom is -0.496 e. The molecule has 2 saturated heterocycles. The highest BCUT2D eigenvalue weighted by molar-refractivity contribution is 5.79. The van der Waals surface area contributed by atoms with Gasteiger partial charge in [0.15, 0.2) is 5.96 Å². The molecule has 6 nitrogen and oxygen atoms in total. The third kappa shape index (κ3) is 5.59. The van der Waals surface area contributed by atoms with Crippen molar-refractivity contribution in [2.24, 2.45) is 4.99 Å². The summed E-state index contributed by atoms with van der Waals surface area (Å²) in [6, 6.07) is 8.63. The molecule has 2 heterocycles. The minimum absolute atomic E-state index is 0.278. The van der Waals surface area contributed by atoms with Crippen LogP contribution in [0, 0.1) is 0 Å². The standard InChI is InChI=1S/C21H34N4O2/c1-22-21(23-12-11-17-8-7-15-27-17)24-16-19(25-13-5-6-14-25)18-9-3-4-10-20(18)26-2/h3-4,9-10,17,19H,5-8,11-16H2,1-2H3,(H2,22,23,24). The van der Waals surface area contributed by atoms with E-state index in [2.05, 4.69) is 32.7 Å². The lowest BCUT2D eigenvalue weighted by Gasteiger charge is -2.30. The number of likely N-dealkylation sites (tertiary alicyclic amines) is 1. The Kier molecular flexibility index (Phi) is 7.78. The monoisotopic (exact) mass is 374 g/mol. The lowest BCUT2D eigenvalue weighted by Crippen LogP contribution is -2.43. The molecular formula is C21H34N4O2. The molecule has 150 valence electrons. The van der Waals surface area contributed by atoms with E-state index in [0.717, 1.165) is 50.9 Å². The summed E-state index contributed by atoms with van der Waals surface area (Å²) in [6.07, 6.45) is 6.33. The van der Waals surface area contributed by atoms with E-state index in [0.29, 0.717) is 6.10 Å². The highest BCUT2D eigenvalue weighted by Crippen LogP contribution is 2.31. The summed E-state index contributed by atoms with van der Waals surface area (Å²) in [6.45, 7) is 4.87. The fourth-order valence-corrected chi connectivity index (χ4v) is 4.07. The molecule has 27 heavy (non-hydrogen) atoms. The maximum absolute atomic E-state index is 5.70. The average molecular weight is 375 g/mol. The van der Waals surface area contributed by atoms with Gasteiger partial charge in [-0.1, -0.05) is 18.2 Å². The Bertz CT molecular complexity index is 596. The van der Waals surface area contributed by atoms with Gasteiger partial charge in [0.1, 0.15) is 5.75 Å². The van der Waals surface area contributed by atoms with Gasteiger partial charge in [0.05, 0.1) is 19.3 Å². The van der Waals surface area contributed by atoms with E-state index in [1.807, 2.05) is 19.2 Å². The SMILES string of the molecule is CN=C(NCCC1CCCO1)NCC(c1ccccc1OC)N1CCCC1. The third-order valence-corrected chi connectivity index (χ3v) is 5.55. The zero-order valence-electron chi connectivity index (χ0n) is 16.7. The number of rotatable bonds is 8. The summed E-state index contributed by atoms with van der Waals surface area (Å²) in [5, 5.41) is 6.95. The van der Waals surface area contributed by atoms with Gasteiger partial charge in [-0.3, -0.25) is 9.89 Å². The van der Waals surface area contributed by atoms with Crippen molar-refractivity contribution in [2.75, 3.05) is 46.9 Å². The number of nitrogens with zero attached hydrogens (tertiary/aromatic N) is 2. The van der Waals surface area contributed by atoms with Gasteiger partial charge in [-0.25, -0.2) is 0 Å². The molecule has 0 saturated carbocycles. The van der Waals surface area contributed by atoms with E-state index in [1.165, 1.54) is 31.2 Å². The van der Waals surface area contributed by atoms with Crippen molar-refractivity contribution in [2.45, 2.75) is 44.2 Å².